The number of carboxylic acids is 1. The van der Waals surface area contributed by atoms with Gasteiger partial charge in [-0.15, -0.1) is 0 Å². The molecule has 0 spiro atoms. The molecule has 3 N–H and O–H groups in total. The maximum absolute atomic E-state index is 10.6. The highest BCUT2D eigenvalue weighted by Crippen LogP contribution is 2.17. The highest BCUT2D eigenvalue weighted by molar-refractivity contribution is 7.08. The van der Waals surface area contributed by atoms with Crippen LogP contribution in [0.15, 0.2) is 16.8 Å². The van der Waals surface area contributed by atoms with Gasteiger partial charge in [0.15, 0.2) is 0 Å². The Bertz CT molecular complexity index is 233. The van der Waals surface area contributed by atoms with Crippen LogP contribution in [-0.4, -0.2) is 17.6 Å². The molecule has 0 aliphatic rings. The Kier molecular flexibility index (Phi) is 2.62. The molecule has 0 aliphatic carbocycles. The number of thiophene rings is 1. The molecule has 0 aliphatic heterocycles. The van der Waals surface area contributed by atoms with Gasteiger partial charge in [0.25, 0.3) is 0 Å². The summed E-state index contributed by atoms with van der Waals surface area (Å²) in [4.78, 5) is 10.6. The van der Waals surface area contributed by atoms with Crippen molar-refractivity contribution in [3.8, 4) is 0 Å². The first-order valence-electron chi connectivity index (χ1n) is 3.20. The predicted molar refractivity (Wildman–Crippen MR) is 43.8 cm³/mol. The lowest BCUT2D eigenvalue weighted by Gasteiger charge is -2.05. The summed E-state index contributed by atoms with van der Waals surface area (Å²) >= 11 is 1.48. The summed E-state index contributed by atoms with van der Waals surface area (Å²) in [5, 5.41) is 12.3. The van der Waals surface area contributed by atoms with Gasteiger partial charge in [-0.1, -0.05) is 0 Å². The summed E-state index contributed by atoms with van der Waals surface area (Å²) in [6.45, 7) is 0.159. The fraction of sp³-hybridized carbons (Fsp3) is 0.286. The molecule has 1 aromatic rings. The summed E-state index contributed by atoms with van der Waals surface area (Å²) in [6, 6.07) is 1.79. The van der Waals surface area contributed by atoms with Gasteiger partial charge < -0.3 is 10.8 Å². The molecule has 0 saturated carbocycles. The van der Waals surface area contributed by atoms with Crippen molar-refractivity contribution in [2.75, 3.05) is 6.54 Å². The molecular weight excluding hydrogens is 162 g/mol. The van der Waals surface area contributed by atoms with Gasteiger partial charge in [-0.05, 0) is 22.4 Å². The highest BCUT2D eigenvalue weighted by Gasteiger charge is 2.17. The molecule has 4 heteroatoms. The first-order chi connectivity index (χ1) is 5.25. The van der Waals surface area contributed by atoms with E-state index in [1.54, 1.807) is 6.07 Å². The molecule has 3 nitrogen and oxygen atoms in total. The van der Waals surface area contributed by atoms with Crippen LogP contribution in [0.4, 0.5) is 0 Å². The molecule has 0 bridgehead atoms. The van der Waals surface area contributed by atoms with Gasteiger partial charge in [-0.25, -0.2) is 0 Å². The van der Waals surface area contributed by atoms with Crippen LogP contribution >= 0.6 is 11.3 Å². The van der Waals surface area contributed by atoms with Crippen molar-refractivity contribution in [1.29, 1.82) is 0 Å². The van der Waals surface area contributed by atoms with E-state index in [1.165, 1.54) is 11.3 Å². The maximum Gasteiger partial charge on any atom is 0.312 e. The standard InChI is InChI=1S/C7H9NO2S/c8-3-6(7(9)10)5-1-2-11-4-5/h1-2,4,6H,3,8H2,(H,9,10). The van der Waals surface area contributed by atoms with Gasteiger partial charge in [0, 0.05) is 6.54 Å². The van der Waals surface area contributed by atoms with Crippen LogP contribution in [0.25, 0.3) is 0 Å². The minimum absolute atomic E-state index is 0.159. The monoisotopic (exact) mass is 171 g/mol. The zero-order valence-corrected chi connectivity index (χ0v) is 6.67. The number of rotatable bonds is 3. The largest absolute Gasteiger partial charge is 0.481 e. The summed E-state index contributed by atoms with van der Waals surface area (Å²) in [7, 11) is 0. The first kappa shape index (κ1) is 8.23. The van der Waals surface area contributed by atoms with Crippen LogP contribution in [-0.2, 0) is 4.79 Å². The second kappa shape index (κ2) is 3.50. The molecule has 11 heavy (non-hydrogen) atoms. The van der Waals surface area contributed by atoms with Crippen molar-refractivity contribution in [1.82, 2.24) is 0 Å². The van der Waals surface area contributed by atoms with E-state index in [0.29, 0.717) is 0 Å². The van der Waals surface area contributed by atoms with Crippen molar-refractivity contribution >= 4 is 17.3 Å². The third-order valence-electron chi connectivity index (χ3n) is 1.48. The van der Waals surface area contributed by atoms with Crippen LogP contribution < -0.4 is 5.73 Å². The average Bonchev–Trinajstić information content (AvgIpc) is 2.40. The van der Waals surface area contributed by atoms with E-state index in [0.717, 1.165) is 5.56 Å². The molecule has 0 saturated heterocycles. The third-order valence-corrected chi connectivity index (χ3v) is 2.18. The number of hydrogen-bond donors (Lipinski definition) is 2. The molecule has 60 valence electrons. The Morgan fingerprint density at radius 2 is 2.55 bits per heavy atom. The fourth-order valence-corrected chi connectivity index (χ4v) is 1.57. The lowest BCUT2D eigenvalue weighted by molar-refractivity contribution is -0.138. The molecule has 0 fully saturated rings. The van der Waals surface area contributed by atoms with E-state index in [2.05, 4.69) is 0 Å². The minimum atomic E-state index is -0.856. The van der Waals surface area contributed by atoms with Crippen molar-refractivity contribution in [3.05, 3.63) is 22.4 Å². The van der Waals surface area contributed by atoms with Crippen molar-refractivity contribution in [2.45, 2.75) is 5.92 Å². The number of aliphatic carboxylic acids is 1. The van der Waals surface area contributed by atoms with Gasteiger partial charge in [0.2, 0.25) is 0 Å². The molecule has 0 aromatic carbocycles. The number of carboxylic acid groups (broad SMARTS) is 1. The second-order valence-corrected chi connectivity index (χ2v) is 2.96. The van der Waals surface area contributed by atoms with Crippen molar-refractivity contribution in [2.24, 2.45) is 5.73 Å². The van der Waals surface area contributed by atoms with Gasteiger partial charge >= 0.3 is 5.97 Å². The van der Waals surface area contributed by atoms with Crippen molar-refractivity contribution < 1.29 is 9.90 Å². The van der Waals surface area contributed by atoms with E-state index in [4.69, 9.17) is 10.8 Å². The molecule has 0 amide bonds. The first-order valence-corrected chi connectivity index (χ1v) is 4.15. The maximum atomic E-state index is 10.6. The normalized spacial score (nSPS) is 12.8. The summed E-state index contributed by atoms with van der Waals surface area (Å²) in [6.07, 6.45) is 0. The summed E-state index contributed by atoms with van der Waals surface area (Å²) in [5.41, 5.74) is 6.08. The zero-order valence-electron chi connectivity index (χ0n) is 5.86. The Labute approximate surface area is 68.5 Å². The summed E-state index contributed by atoms with van der Waals surface area (Å²) in [5.74, 6) is -1.40. The average molecular weight is 171 g/mol. The molecular formula is C7H9NO2S. The fourth-order valence-electron chi connectivity index (χ4n) is 0.853. The zero-order chi connectivity index (χ0) is 8.27. The van der Waals surface area contributed by atoms with E-state index < -0.39 is 11.9 Å². The van der Waals surface area contributed by atoms with Gasteiger partial charge in [0.1, 0.15) is 0 Å². The van der Waals surface area contributed by atoms with E-state index in [-0.39, 0.29) is 6.54 Å². The van der Waals surface area contributed by atoms with Crippen LogP contribution in [0.1, 0.15) is 11.5 Å². The lowest BCUT2D eigenvalue weighted by atomic mass is 10.0. The van der Waals surface area contributed by atoms with Gasteiger partial charge in [-0.3, -0.25) is 4.79 Å². The van der Waals surface area contributed by atoms with E-state index >= 15 is 0 Å². The minimum Gasteiger partial charge on any atom is -0.481 e. The Morgan fingerprint density at radius 1 is 1.82 bits per heavy atom. The molecule has 1 rings (SSSR count). The van der Waals surface area contributed by atoms with E-state index in [1.807, 2.05) is 10.8 Å². The third kappa shape index (κ3) is 1.78. The molecule has 1 atom stereocenters. The second-order valence-electron chi connectivity index (χ2n) is 2.18. The number of nitrogens with two attached hydrogens (primary N) is 1. The smallest absolute Gasteiger partial charge is 0.312 e. The van der Waals surface area contributed by atoms with Crippen LogP contribution in [0.3, 0.4) is 0 Å². The predicted octanol–water partition coefficient (Wildman–Crippen LogP) is 0.875. The molecule has 1 heterocycles. The van der Waals surface area contributed by atoms with Gasteiger partial charge in [0.05, 0.1) is 5.92 Å². The van der Waals surface area contributed by atoms with E-state index in [9.17, 15) is 4.79 Å². The highest BCUT2D eigenvalue weighted by atomic mass is 32.1. The Hall–Kier alpha value is -0.870. The number of hydrogen-bond acceptors (Lipinski definition) is 3. The van der Waals surface area contributed by atoms with Crippen LogP contribution in [0.2, 0.25) is 0 Å². The van der Waals surface area contributed by atoms with Crippen LogP contribution in [0, 0.1) is 0 Å². The van der Waals surface area contributed by atoms with Crippen molar-refractivity contribution in [3.63, 3.8) is 0 Å². The Balaban J connectivity index is 2.79. The van der Waals surface area contributed by atoms with Crippen LogP contribution in [0.5, 0.6) is 0 Å². The molecule has 0 radical (unpaired) electrons. The molecule has 1 unspecified atom stereocenters. The topological polar surface area (TPSA) is 63.3 Å². The quantitative estimate of drug-likeness (QED) is 0.709. The summed E-state index contributed by atoms with van der Waals surface area (Å²) < 4.78 is 0. The SMILES string of the molecule is NCC(C(=O)O)c1ccsc1. The van der Waals surface area contributed by atoms with Gasteiger partial charge in [-0.2, -0.15) is 11.3 Å². The lowest BCUT2D eigenvalue weighted by Crippen LogP contribution is -2.20. The number of carbonyl (C=O) groups is 1. The molecule has 1 aromatic heterocycles. The Morgan fingerprint density at radius 3 is 2.91 bits per heavy atom.